The van der Waals surface area contributed by atoms with Crippen LogP contribution in [0, 0.1) is 6.92 Å². The lowest BCUT2D eigenvalue weighted by atomic mass is 9.85. The monoisotopic (exact) mass is 319 g/mol. The van der Waals surface area contributed by atoms with E-state index in [1.807, 2.05) is 31.8 Å². The molecule has 1 aromatic rings. The van der Waals surface area contributed by atoms with Gasteiger partial charge in [0.05, 0.1) is 12.2 Å². The smallest absolute Gasteiger partial charge is 0.318 e. The molecule has 2 saturated heterocycles. The zero-order chi connectivity index (χ0) is 16.6. The lowest BCUT2D eigenvalue weighted by Gasteiger charge is -2.44. The highest BCUT2D eigenvalue weighted by Crippen LogP contribution is 2.38. The van der Waals surface area contributed by atoms with Gasteiger partial charge in [-0.15, -0.1) is 0 Å². The minimum absolute atomic E-state index is 0.0138. The molecule has 128 valence electrons. The summed E-state index contributed by atoms with van der Waals surface area (Å²) in [6.45, 7) is 7.13. The van der Waals surface area contributed by atoms with E-state index < -0.39 is 0 Å². The molecule has 0 aromatic carbocycles. The second-order valence-electron chi connectivity index (χ2n) is 7.26. The Kier molecular flexibility index (Phi) is 4.36. The number of likely N-dealkylation sites (tertiary alicyclic amines) is 2. The number of hydrogen-bond donors (Lipinski definition) is 1. The van der Waals surface area contributed by atoms with Crippen molar-refractivity contribution in [3.63, 3.8) is 0 Å². The third-order valence-electron chi connectivity index (χ3n) is 5.84. The van der Waals surface area contributed by atoms with Crippen LogP contribution >= 0.6 is 0 Å². The summed E-state index contributed by atoms with van der Waals surface area (Å²) in [5, 5.41) is 7.48. The van der Waals surface area contributed by atoms with Gasteiger partial charge in [-0.05, 0) is 46.6 Å². The number of carbonyl (C=O) groups excluding carboxylic acids is 1. The number of rotatable bonds is 2. The van der Waals surface area contributed by atoms with Crippen LogP contribution in [0.5, 0.6) is 0 Å². The van der Waals surface area contributed by atoms with E-state index in [1.54, 1.807) is 0 Å². The fraction of sp³-hybridized carbons (Fsp3) is 0.765. The number of nitrogens with one attached hydrogen (secondary N) is 1. The molecule has 2 aliphatic heterocycles. The minimum Gasteiger partial charge on any atom is -0.331 e. The van der Waals surface area contributed by atoms with Crippen molar-refractivity contribution in [2.45, 2.75) is 51.1 Å². The Morgan fingerprint density at radius 2 is 1.96 bits per heavy atom. The Balaban J connectivity index is 1.69. The summed E-state index contributed by atoms with van der Waals surface area (Å²) in [6.07, 6.45) is 6.32. The number of nitrogens with zero attached hydrogens (tertiary/aromatic N) is 4. The van der Waals surface area contributed by atoms with Gasteiger partial charge in [-0.3, -0.25) is 4.68 Å². The third kappa shape index (κ3) is 2.96. The lowest BCUT2D eigenvalue weighted by Crippen LogP contribution is -2.56. The van der Waals surface area contributed by atoms with Crippen LogP contribution in [0.4, 0.5) is 4.79 Å². The van der Waals surface area contributed by atoms with Crippen LogP contribution in [0.25, 0.3) is 0 Å². The predicted octanol–water partition coefficient (Wildman–Crippen LogP) is 2.06. The zero-order valence-corrected chi connectivity index (χ0v) is 14.8. The Morgan fingerprint density at radius 1 is 1.26 bits per heavy atom. The number of aromatic nitrogens is 2. The van der Waals surface area contributed by atoms with Crippen molar-refractivity contribution < 1.29 is 4.79 Å². The summed E-state index contributed by atoms with van der Waals surface area (Å²) in [5.74, 6) is 0. The molecule has 0 radical (unpaired) electrons. The molecule has 0 aliphatic carbocycles. The second-order valence-corrected chi connectivity index (χ2v) is 7.26. The van der Waals surface area contributed by atoms with Gasteiger partial charge in [0.1, 0.15) is 0 Å². The van der Waals surface area contributed by atoms with Crippen molar-refractivity contribution in [2.24, 2.45) is 7.05 Å². The maximum atomic E-state index is 12.9. The Labute approximate surface area is 138 Å². The molecular formula is C17H29N5O. The van der Waals surface area contributed by atoms with Crippen LogP contribution in [-0.2, 0) is 7.05 Å². The zero-order valence-electron chi connectivity index (χ0n) is 14.8. The number of amides is 2. The summed E-state index contributed by atoms with van der Waals surface area (Å²) in [7, 11) is 4.10. The standard InChI is InChI=1S/C17H29N5O/c1-13(15-12-18-21(4)14(15)2)19-16(23)22-9-5-6-17(22)7-10-20(3)11-8-17/h12-13H,5-11H2,1-4H3,(H,19,23). The normalized spacial score (nSPS) is 22.5. The molecule has 6 nitrogen and oxygen atoms in total. The summed E-state index contributed by atoms with van der Waals surface area (Å²) < 4.78 is 1.85. The van der Waals surface area contributed by atoms with Gasteiger partial charge in [0.25, 0.3) is 0 Å². The van der Waals surface area contributed by atoms with E-state index in [0.717, 1.165) is 56.6 Å². The van der Waals surface area contributed by atoms with E-state index in [1.165, 1.54) is 0 Å². The topological polar surface area (TPSA) is 53.4 Å². The van der Waals surface area contributed by atoms with Crippen molar-refractivity contribution in [3.8, 4) is 0 Å². The first kappa shape index (κ1) is 16.3. The summed E-state index contributed by atoms with van der Waals surface area (Å²) in [4.78, 5) is 17.4. The molecule has 2 amide bonds. The lowest BCUT2D eigenvalue weighted by molar-refractivity contribution is 0.0819. The van der Waals surface area contributed by atoms with Crippen LogP contribution in [0.15, 0.2) is 6.20 Å². The summed E-state index contributed by atoms with van der Waals surface area (Å²) in [6, 6.07) is 0.0721. The van der Waals surface area contributed by atoms with E-state index in [2.05, 4.69) is 27.3 Å². The molecule has 23 heavy (non-hydrogen) atoms. The Morgan fingerprint density at radius 3 is 2.57 bits per heavy atom. The van der Waals surface area contributed by atoms with Gasteiger partial charge in [0.15, 0.2) is 0 Å². The highest BCUT2D eigenvalue weighted by atomic mass is 16.2. The van der Waals surface area contributed by atoms with E-state index >= 15 is 0 Å². The van der Waals surface area contributed by atoms with Crippen molar-refractivity contribution in [1.82, 2.24) is 24.9 Å². The molecule has 2 fully saturated rings. The first-order chi connectivity index (χ1) is 10.9. The largest absolute Gasteiger partial charge is 0.331 e. The molecule has 1 spiro atoms. The SMILES string of the molecule is Cc1c(C(C)NC(=O)N2CCCC23CCN(C)CC3)cnn1C. The maximum Gasteiger partial charge on any atom is 0.318 e. The van der Waals surface area contributed by atoms with Crippen LogP contribution in [-0.4, -0.2) is 57.8 Å². The van der Waals surface area contributed by atoms with Crippen LogP contribution in [0.2, 0.25) is 0 Å². The molecular weight excluding hydrogens is 290 g/mol. The number of piperidine rings is 1. The Bertz CT molecular complexity index is 574. The van der Waals surface area contributed by atoms with Gasteiger partial charge in [-0.1, -0.05) is 0 Å². The minimum atomic E-state index is -0.0138. The molecule has 2 aliphatic rings. The maximum absolute atomic E-state index is 12.9. The van der Waals surface area contributed by atoms with Gasteiger partial charge in [0, 0.05) is 43.5 Å². The molecule has 0 saturated carbocycles. The molecule has 1 unspecified atom stereocenters. The fourth-order valence-corrected chi connectivity index (χ4v) is 4.09. The van der Waals surface area contributed by atoms with Crippen molar-refractivity contribution in [3.05, 3.63) is 17.5 Å². The van der Waals surface area contributed by atoms with Crippen molar-refractivity contribution >= 4 is 6.03 Å². The molecule has 6 heteroatoms. The number of urea groups is 1. The molecule has 3 heterocycles. The summed E-state index contributed by atoms with van der Waals surface area (Å²) >= 11 is 0. The van der Waals surface area contributed by atoms with Crippen molar-refractivity contribution in [2.75, 3.05) is 26.7 Å². The van der Waals surface area contributed by atoms with E-state index in [-0.39, 0.29) is 17.6 Å². The van der Waals surface area contributed by atoms with Gasteiger partial charge in [-0.25, -0.2) is 4.79 Å². The quantitative estimate of drug-likeness (QED) is 0.908. The third-order valence-corrected chi connectivity index (χ3v) is 5.84. The average Bonchev–Trinajstić information content (AvgIpc) is 3.07. The number of carbonyl (C=O) groups is 1. The van der Waals surface area contributed by atoms with Crippen molar-refractivity contribution in [1.29, 1.82) is 0 Å². The van der Waals surface area contributed by atoms with Crippen LogP contribution < -0.4 is 5.32 Å². The second kappa shape index (κ2) is 6.15. The predicted molar refractivity (Wildman–Crippen MR) is 90.3 cm³/mol. The van der Waals surface area contributed by atoms with E-state index in [4.69, 9.17) is 0 Å². The average molecular weight is 319 g/mol. The molecule has 1 N–H and O–H groups in total. The number of aryl methyl sites for hydroxylation is 1. The summed E-state index contributed by atoms with van der Waals surface area (Å²) in [5.41, 5.74) is 2.28. The number of hydrogen-bond acceptors (Lipinski definition) is 3. The molecule has 1 aromatic heterocycles. The van der Waals surface area contributed by atoms with Gasteiger partial charge >= 0.3 is 6.03 Å². The molecule has 3 rings (SSSR count). The van der Waals surface area contributed by atoms with Crippen LogP contribution in [0.1, 0.15) is 49.9 Å². The first-order valence-corrected chi connectivity index (χ1v) is 8.68. The van der Waals surface area contributed by atoms with Crippen LogP contribution in [0.3, 0.4) is 0 Å². The van der Waals surface area contributed by atoms with E-state index in [9.17, 15) is 4.79 Å². The molecule has 1 atom stereocenters. The van der Waals surface area contributed by atoms with Gasteiger partial charge in [-0.2, -0.15) is 5.10 Å². The molecule has 0 bridgehead atoms. The van der Waals surface area contributed by atoms with Gasteiger partial charge < -0.3 is 15.1 Å². The van der Waals surface area contributed by atoms with E-state index in [0.29, 0.717) is 0 Å². The Hall–Kier alpha value is -1.56. The fourth-order valence-electron chi connectivity index (χ4n) is 4.09. The first-order valence-electron chi connectivity index (χ1n) is 8.68. The highest BCUT2D eigenvalue weighted by molar-refractivity contribution is 5.76. The van der Waals surface area contributed by atoms with Gasteiger partial charge in [0.2, 0.25) is 0 Å². The highest BCUT2D eigenvalue weighted by Gasteiger charge is 2.45.